The van der Waals surface area contributed by atoms with Gasteiger partial charge in [0.1, 0.15) is 15.9 Å². The van der Waals surface area contributed by atoms with Crippen LogP contribution >= 0.6 is 23.3 Å². The smallest absolute Gasteiger partial charge is 0.273 e. The van der Waals surface area contributed by atoms with Gasteiger partial charge >= 0.3 is 0 Å². The molecule has 4 aromatic rings. The number of amides is 1. The average Bonchev–Trinajstić information content (AvgIpc) is 3.20. The molecule has 0 radical (unpaired) electrons. The Morgan fingerprint density at radius 1 is 1.12 bits per heavy atom. The van der Waals surface area contributed by atoms with E-state index in [1.165, 1.54) is 21.9 Å². The number of carbonyl (C=O) groups is 1. The van der Waals surface area contributed by atoms with E-state index in [9.17, 15) is 9.59 Å². The van der Waals surface area contributed by atoms with Crippen molar-refractivity contribution in [2.45, 2.75) is 31.8 Å². The molecular formula is C24H24N4O2S2. The number of benzene rings is 2. The molecule has 0 aliphatic carbocycles. The summed E-state index contributed by atoms with van der Waals surface area (Å²) in [5.74, 6) is 0.438. The van der Waals surface area contributed by atoms with Gasteiger partial charge in [0.25, 0.3) is 5.56 Å². The van der Waals surface area contributed by atoms with Gasteiger partial charge in [-0.3, -0.25) is 14.2 Å². The molecule has 0 aliphatic heterocycles. The Morgan fingerprint density at radius 2 is 1.81 bits per heavy atom. The van der Waals surface area contributed by atoms with Crippen LogP contribution in [0.1, 0.15) is 30.9 Å². The highest BCUT2D eigenvalue weighted by Crippen LogP contribution is 2.29. The topological polar surface area (TPSA) is 76.9 Å². The van der Waals surface area contributed by atoms with E-state index in [4.69, 9.17) is 4.98 Å². The van der Waals surface area contributed by atoms with Gasteiger partial charge in [-0.25, -0.2) is 4.98 Å². The molecule has 1 N–H and O–H groups in total. The number of aromatic nitrogens is 3. The second-order valence-corrected chi connectivity index (χ2v) is 9.66. The maximum atomic E-state index is 12.8. The van der Waals surface area contributed by atoms with Crippen LogP contribution in [0.25, 0.3) is 21.5 Å². The number of fused-ring (bicyclic) bond motifs is 1. The van der Waals surface area contributed by atoms with Crippen LogP contribution in [0.5, 0.6) is 0 Å². The third-order valence-electron chi connectivity index (χ3n) is 5.18. The highest BCUT2D eigenvalue weighted by atomic mass is 32.2. The summed E-state index contributed by atoms with van der Waals surface area (Å²) in [5.41, 5.74) is 5.16. The first kappa shape index (κ1) is 22.2. The van der Waals surface area contributed by atoms with Gasteiger partial charge < -0.3 is 5.32 Å². The van der Waals surface area contributed by atoms with Crippen LogP contribution in [-0.2, 0) is 11.8 Å². The first-order valence-corrected chi connectivity index (χ1v) is 12.1. The van der Waals surface area contributed by atoms with Crippen molar-refractivity contribution in [1.29, 1.82) is 0 Å². The molecule has 32 heavy (non-hydrogen) atoms. The Balaban J connectivity index is 1.54. The van der Waals surface area contributed by atoms with Gasteiger partial charge in [0.05, 0.1) is 5.75 Å². The van der Waals surface area contributed by atoms with E-state index in [-0.39, 0.29) is 17.2 Å². The van der Waals surface area contributed by atoms with Gasteiger partial charge in [-0.1, -0.05) is 67.6 Å². The summed E-state index contributed by atoms with van der Waals surface area (Å²) < 4.78 is 6.48. The van der Waals surface area contributed by atoms with Crippen molar-refractivity contribution < 1.29 is 4.79 Å². The average molecular weight is 465 g/mol. The Labute approximate surface area is 194 Å². The molecule has 0 atom stereocenters. The maximum absolute atomic E-state index is 12.8. The molecule has 8 heteroatoms. The van der Waals surface area contributed by atoms with E-state index >= 15 is 0 Å². The molecule has 6 nitrogen and oxygen atoms in total. The Hall–Kier alpha value is -2.97. The number of hydrogen-bond donors (Lipinski definition) is 1. The Morgan fingerprint density at radius 3 is 2.47 bits per heavy atom. The zero-order chi connectivity index (χ0) is 22.8. The number of nitrogens with one attached hydrogen (secondary N) is 1. The number of thioether (sulfide) groups is 1. The van der Waals surface area contributed by atoms with E-state index in [0.717, 1.165) is 28.3 Å². The number of carbonyl (C=O) groups excluding carboxylic acids is 1. The largest absolute Gasteiger partial charge is 0.325 e. The molecule has 1 amide bonds. The minimum absolute atomic E-state index is 0.148. The van der Waals surface area contributed by atoms with Gasteiger partial charge in [0, 0.05) is 18.3 Å². The summed E-state index contributed by atoms with van der Waals surface area (Å²) >= 11 is 2.40. The standard InChI is InChI=1S/C24H24N4O2S2/c1-14(2)16-9-11-18(12-10-16)25-19(29)13-31-24-26-21-20(17-7-5-15(3)6-8-17)27-32-22(21)23(30)28(24)4/h5-12,14H,13H2,1-4H3,(H,25,29). The minimum atomic E-state index is -0.155. The SMILES string of the molecule is Cc1ccc(-c2nsc3c(=O)n(C)c(SCC(=O)Nc4ccc(C(C)C)cc4)nc23)cc1. The van der Waals surface area contributed by atoms with Gasteiger partial charge in [-0.05, 0) is 42.1 Å². The number of rotatable bonds is 6. The lowest BCUT2D eigenvalue weighted by atomic mass is 10.0. The molecule has 164 valence electrons. The molecule has 0 bridgehead atoms. The van der Waals surface area contributed by atoms with Gasteiger partial charge in [0.2, 0.25) is 5.91 Å². The van der Waals surface area contributed by atoms with Crippen LogP contribution in [0.3, 0.4) is 0 Å². The monoisotopic (exact) mass is 464 g/mol. The van der Waals surface area contributed by atoms with E-state index in [0.29, 0.717) is 27.0 Å². The van der Waals surface area contributed by atoms with Crippen molar-refractivity contribution in [2.24, 2.45) is 7.05 Å². The van der Waals surface area contributed by atoms with Gasteiger partial charge in [-0.2, -0.15) is 4.37 Å². The van der Waals surface area contributed by atoms with E-state index in [1.54, 1.807) is 7.05 Å². The fraction of sp³-hybridized carbons (Fsp3) is 0.250. The van der Waals surface area contributed by atoms with Crippen molar-refractivity contribution in [3.05, 3.63) is 70.0 Å². The fourth-order valence-corrected chi connectivity index (χ4v) is 4.83. The van der Waals surface area contributed by atoms with Crippen LogP contribution in [-0.4, -0.2) is 25.6 Å². The van der Waals surface area contributed by atoms with Crippen molar-refractivity contribution in [1.82, 2.24) is 13.9 Å². The summed E-state index contributed by atoms with van der Waals surface area (Å²) in [7, 11) is 1.67. The van der Waals surface area contributed by atoms with Crippen molar-refractivity contribution in [2.75, 3.05) is 11.1 Å². The molecule has 0 unspecified atom stereocenters. The van der Waals surface area contributed by atoms with Crippen LogP contribution < -0.4 is 10.9 Å². The van der Waals surface area contributed by atoms with Crippen LogP contribution in [0, 0.1) is 6.92 Å². The third-order valence-corrected chi connectivity index (χ3v) is 7.03. The van der Waals surface area contributed by atoms with Crippen molar-refractivity contribution >= 4 is 45.1 Å². The van der Waals surface area contributed by atoms with Crippen LogP contribution in [0.2, 0.25) is 0 Å². The zero-order valence-corrected chi connectivity index (χ0v) is 20.0. The highest BCUT2D eigenvalue weighted by molar-refractivity contribution is 7.99. The first-order chi connectivity index (χ1) is 15.3. The lowest BCUT2D eigenvalue weighted by Crippen LogP contribution is -2.20. The Kier molecular flexibility index (Phi) is 6.43. The normalized spacial score (nSPS) is 11.3. The zero-order valence-electron chi connectivity index (χ0n) is 18.4. The van der Waals surface area contributed by atoms with E-state index in [1.807, 2.05) is 55.5 Å². The second-order valence-electron chi connectivity index (χ2n) is 7.95. The third kappa shape index (κ3) is 4.61. The number of anilines is 1. The number of hydrogen-bond acceptors (Lipinski definition) is 6. The maximum Gasteiger partial charge on any atom is 0.273 e. The summed E-state index contributed by atoms with van der Waals surface area (Å²) in [6.07, 6.45) is 0. The molecule has 0 fully saturated rings. The molecule has 4 rings (SSSR count). The van der Waals surface area contributed by atoms with Gasteiger partial charge in [0.15, 0.2) is 5.16 Å². The lowest BCUT2D eigenvalue weighted by Gasteiger charge is -2.09. The number of nitrogens with zero attached hydrogens (tertiary/aromatic N) is 3. The van der Waals surface area contributed by atoms with Crippen molar-refractivity contribution in [3.8, 4) is 11.3 Å². The van der Waals surface area contributed by atoms with Crippen LogP contribution in [0.4, 0.5) is 5.69 Å². The summed E-state index contributed by atoms with van der Waals surface area (Å²) in [4.78, 5) is 30.0. The highest BCUT2D eigenvalue weighted by Gasteiger charge is 2.17. The summed E-state index contributed by atoms with van der Waals surface area (Å²) in [5, 5.41) is 3.39. The molecule has 0 saturated heterocycles. The summed E-state index contributed by atoms with van der Waals surface area (Å²) in [6, 6.07) is 15.8. The molecule has 2 aromatic carbocycles. The van der Waals surface area contributed by atoms with E-state index in [2.05, 4.69) is 23.5 Å². The fourth-order valence-electron chi connectivity index (χ4n) is 3.25. The molecule has 0 spiro atoms. The second kappa shape index (κ2) is 9.26. The quantitative estimate of drug-likeness (QED) is 0.313. The first-order valence-electron chi connectivity index (χ1n) is 10.3. The van der Waals surface area contributed by atoms with Crippen LogP contribution in [0.15, 0.2) is 58.5 Å². The Bertz CT molecular complexity index is 1320. The van der Waals surface area contributed by atoms with Crippen molar-refractivity contribution in [3.63, 3.8) is 0 Å². The number of aryl methyl sites for hydroxylation is 1. The summed E-state index contributed by atoms with van der Waals surface area (Å²) in [6.45, 7) is 6.28. The minimum Gasteiger partial charge on any atom is -0.325 e. The van der Waals surface area contributed by atoms with Gasteiger partial charge in [-0.15, -0.1) is 0 Å². The molecule has 2 heterocycles. The molecule has 2 aromatic heterocycles. The molecule has 0 aliphatic rings. The molecule has 0 saturated carbocycles. The lowest BCUT2D eigenvalue weighted by molar-refractivity contribution is -0.113. The molecular weight excluding hydrogens is 440 g/mol. The predicted molar refractivity (Wildman–Crippen MR) is 133 cm³/mol. The predicted octanol–water partition coefficient (Wildman–Crippen LogP) is 5.22. The van der Waals surface area contributed by atoms with E-state index < -0.39 is 0 Å².